The van der Waals surface area contributed by atoms with Gasteiger partial charge in [0.1, 0.15) is 0 Å². The topological polar surface area (TPSA) is 92.8 Å². The number of carbonyl (C=O) groups is 2. The molecule has 166 valence electrons. The number of nitrogens with one attached hydrogen (secondary N) is 1. The first kappa shape index (κ1) is 24.3. The lowest BCUT2D eigenvalue weighted by molar-refractivity contribution is -0.137. The van der Waals surface area contributed by atoms with E-state index in [-0.39, 0.29) is 11.4 Å². The fourth-order valence-corrected chi connectivity index (χ4v) is 4.78. The van der Waals surface area contributed by atoms with E-state index in [1.54, 1.807) is 51.1 Å². The van der Waals surface area contributed by atoms with Crippen LogP contribution in [0.3, 0.4) is 0 Å². The lowest BCUT2D eigenvalue weighted by Gasteiger charge is -2.20. The average molecular weight is 445 g/mol. The summed E-state index contributed by atoms with van der Waals surface area (Å²) >= 11 is 0. The minimum atomic E-state index is -3.81. The molecule has 0 aliphatic carbocycles. The van der Waals surface area contributed by atoms with Crippen molar-refractivity contribution >= 4 is 33.7 Å². The van der Waals surface area contributed by atoms with Gasteiger partial charge in [-0.15, -0.1) is 0 Å². The van der Waals surface area contributed by atoms with Crippen LogP contribution in [-0.4, -0.2) is 44.8 Å². The number of sulfonamides is 1. The third-order valence-electron chi connectivity index (χ3n) is 4.53. The minimum Gasteiger partial charge on any atom is -0.463 e. The number of esters is 1. The monoisotopic (exact) mass is 444 g/mol. The molecule has 1 N–H and O–H groups in total. The van der Waals surface area contributed by atoms with Crippen LogP contribution in [0.4, 0.5) is 5.69 Å². The normalized spacial score (nSPS) is 11.7. The van der Waals surface area contributed by atoms with Crippen molar-refractivity contribution in [3.8, 4) is 0 Å². The molecule has 2 aromatic carbocycles. The van der Waals surface area contributed by atoms with Crippen molar-refractivity contribution < 1.29 is 22.7 Å². The lowest BCUT2D eigenvalue weighted by atomic mass is 10.1. The highest BCUT2D eigenvalue weighted by molar-refractivity contribution is 7.89. The zero-order valence-corrected chi connectivity index (χ0v) is 19.2. The predicted molar refractivity (Wildman–Crippen MR) is 121 cm³/mol. The predicted octanol–water partition coefficient (Wildman–Crippen LogP) is 3.45. The number of hydrogen-bond acceptors (Lipinski definition) is 5. The Morgan fingerprint density at radius 2 is 1.65 bits per heavy atom. The average Bonchev–Trinajstić information content (AvgIpc) is 2.66. The molecule has 0 unspecified atom stereocenters. The maximum atomic E-state index is 13.0. The molecule has 0 atom stereocenters. The van der Waals surface area contributed by atoms with Crippen LogP contribution < -0.4 is 5.32 Å². The first-order chi connectivity index (χ1) is 14.5. The molecule has 0 heterocycles. The van der Waals surface area contributed by atoms with Crippen molar-refractivity contribution in [2.75, 3.05) is 25.5 Å². The van der Waals surface area contributed by atoms with E-state index < -0.39 is 21.9 Å². The van der Waals surface area contributed by atoms with E-state index >= 15 is 0 Å². The highest BCUT2D eigenvalue weighted by Gasteiger charge is 2.26. The van der Waals surface area contributed by atoms with Gasteiger partial charge in [0.05, 0.1) is 18.0 Å². The minimum absolute atomic E-state index is 0.228. The summed E-state index contributed by atoms with van der Waals surface area (Å²) in [5.41, 5.74) is 3.56. The van der Waals surface area contributed by atoms with Crippen LogP contribution in [0, 0.1) is 20.8 Å². The Bertz CT molecular complexity index is 1070. The van der Waals surface area contributed by atoms with Gasteiger partial charge in [0.25, 0.3) is 0 Å². The number of amides is 1. The Morgan fingerprint density at radius 1 is 1.06 bits per heavy atom. The number of ether oxygens (including phenoxy) is 1. The maximum Gasteiger partial charge on any atom is 0.330 e. The summed E-state index contributed by atoms with van der Waals surface area (Å²) in [6, 6.07) is 10.4. The second-order valence-electron chi connectivity index (χ2n) is 7.24. The summed E-state index contributed by atoms with van der Waals surface area (Å²) in [6.07, 6.45) is 2.93. The van der Waals surface area contributed by atoms with Crippen LogP contribution in [-0.2, 0) is 24.3 Å². The van der Waals surface area contributed by atoms with Crippen LogP contribution in [0.25, 0.3) is 6.08 Å². The zero-order chi connectivity index (χ0) is 23.2. The van der Waals surface area contributed by atoms with E-state index in [0.717, 1.165) is 15.4 Å². The van der Waals surface area contributed by atoms with E-state index in [9.17, 15) is 18.0 Å². The molecular formula is C23H28N2O5S. The molecule has 31 heavy (non-hydrogen) atoms. The van der Waals surface area contributed by atoms with E-state index in [0.29, 0.717) is 23.4 Å². The Morgan fingerprint density at radius 3 is 2.19 bits per heavy atom. The van der Waals surface area contributed by atoms with Crippen molar-refractivity contribution in [1.82, 2.24) is 4.31 Å². The molecule has 0 fully saturated rings. The number of aryl methyl sites for hydroxylation is 3. The van der Waals surface area contributed by atoms with Gasteiger partial charge in [-0.1, -0.05) is 29.8 Å². The highest BCUT2D eigenvalue weighted by atomic mass is 32.2. The second-order valence-corrected chi connectivity index (χ2v) is 9.23. The first-order valence-corrected chi connectivity index (χ1v) is 11.3. The number of anilines is 1. The summed E-state index contributed by atoms with van der Waals surface area (Å²) in [4.78, 5) is 24.0. The highest BCUT2D eigenvalue weighted by Crippen LogP contribution is 2.24. The van der Waals surface area contributed by atoms with Crippen molar-refractivity contribution in [2.45, 2.75) is 32.6 Å². The van der Waals surface area contributed by atoms with Gasteiger partial charge >= 0.3 is 5.97 Å². The molecule has 7 nitrogen and oxygen atoms in total. The molecule has 8 heteroatoms. The SMILES string of the molecule is CCOC(=O)/C=C/c1ccc(NC(=O)CN(C)S(=O)(=O)c2c(C)cc(C)cc2C)cc1. The molecule has 0 spiro atoms. The summed E-state index contributed by atoms with van der Waals surface area (Å²) in [5.74, 6) is -0.883. The Kier molecular flexibility index (Phi) is 8.13. The van der Waals surface area contributed by atoms with Crippen LogP contribution >= 0.6 is 0 Å². The van der Waals surface area contributed by atoms with Crippen LogP contribution in [0.15, 0.2) is 47.4 Å². The van der Waals surface area contributed by atoms with Crippen molar-refractivity contribution in [3.63, 3.8) is 0 Å². The van der Waals surface area contributed by atoms with Gasteiger partial charge in [0, 0.05) is 18.8 Å². The van der Waals surface area contributed by atoms with E-state index in [4.69, 9.17) is 4.74 Å². The molecule has 2 aromatic rings. The molecule has 0 aliphatic rings. The molecule has 1 amide bonds. The molecule has 0 saturated heterocycles. The molecule has 2 rings (SSSR count). The molecular weight excluding hydrogens is 416 g/mol. The Hall–Kier alpha value is -2.97. The number of carbonyl (C=O) groups excluding carboxylic acids is 2. The fraction of sp³-hybridized carbons (Fsp3) is 0.304. The zero-order valence-electron chi connectivity index (χ0n) is 18.4. The number of hydrogen-bond donors (Lipinski definition) is 1. The van der Waals surface area contributed by atoms with Crippen molar-refractivity contribution in [3.05, 3.63) is 64.7 Å². The number of benzene rings is 2. The Labute approximate surface area is 183 Å². The smallest absolute Gasteiger partial charge is 0.330 e. The number of rotatable bonds is 8. The van der Waals surface area contributed by atoms with E-state index in [1.165, 1.54) is 13.1 Å². The lowest BCUT2D eigenvalue weighted by Crippen LogP contribution is -2.35. The molecule has 0 bridgehead atoms. The van der Waals surface area contributed by atoms with Crippen molar-refractivity contribution in [1.29, 1.82) is 0 Å². The van der Waals surface area contributed by atoms with Gasteiger partial charge < -0.3 is 10.1 Å². The van der Waals surface area contributed by atoms with Gasteiger partial charge in [-0.2, -0.15) is 4.31 Å². The van der Waals surface area contributed by atoms with Gasteiger partial charge in [-0.25, -0.2) is 13.2 Å². The second kappa shape index (κ2) is 10.4. The van der Waals surface area contributed by atoms with E-state index in [1.807, 2.05) is 19.1 Å². The maximum absolute atomic E-state index is 13.0. The van der Waals surface area contributed by atoms with Crippen LogP contribution in [0.5, 0.6) is 0 Å². The third kappa shape index (κ3) is 6.50. The quantitative estimate of drug-likeness (QED) is 0.497. The fourth-order valence-electron chi connectivity index (χ4n) is 3.25. The third-order valence-corrected chi connectivity index (χ3v) is 6.64. The molecule has 0 aliphatic heterocycles. The molecule has 0 radical (unpaired) electrons. The standard InChI is InChI=1S/C23H28N2O5S/c1-6-30-22(27)12-9-19-7-10-20(11-8-19)24-21(26)15-25(5)31(28,29)23-17(3)13-16(2)14-18(23)4/h7-14H,6,15H2,1-5H3,(H,24,26)/b12-9+. The molecule has 0 aromatic heterocycles. The van der Waals surface area contributed by atoms with Gasteiger partial charge in [0.15, 0.2) is 0 Å². The van der Waals surface area contributed by atoms with Crippen LogP contribution in [0.2, 0.25) is 0 Å². The van der Waals surface area contributed by atoms with Crippen LogP contribution in [0.1, 0.15) is 29.2 Å². The first-order valence-electron chi connectivity index (χ1n) is 9.83. The van der Waals surface area contributed by atoms with Gasteiger partial charge in [-0.3, -0.25) is 4.79 Å². The molecule has 0 saturated carbocycles. The summed E-state index contributed by atoms with van der Waals surface area (Å²) in [5, 5.41) is 2.69. The Balaban J connectivity index is 2.04. The largest absolute Gasteiger partial charge is 0.463 e. The number of likely N-dealkylation sites (N-methyl/N-ethyl adjacent to an activating group) is 1. The number of nitrogens with zero attached hydrogens (tertiary/aromatic N) is 1. The van der Waals surface area contributed by atoms with E-state index in [2.05, 4.69) is 5.32 Å². The summed E-state index contributed by atoms with van der Waals surface area (Å²) < 4.78 is 31.8. The van der Waals surface area contributed by atoms with Gasteiger partial charge in [-0.05, 0) is 62.6 Å². The summed E-state index contributed by atoms with van der Waals surface area (Å²) in [7, 11) is -2.43. The summed E-state index contributed by atoms with van der Waals surface area (Å²) in [6.45, 7) is 7.12. The van der Waals surface area contributed by atoms with Gasteiger partial charge in [0.2, 0.25) is 15.9 Å². The van der Waals surface area contributed by atoms with Crippen molar-refractivity contribution in [2.24, 2.45) is 0 Å².